The molecule has 0 saturated carbocycles. The first-order valence-electron chi connectivity index (χ1n) is 9.41. The van der Waals surface area contributed by atoms with Gasteiger partial charge in [0, 0.05) is 12.4 Å². The van der Waals surface area contributed by atoms with Crippen LogP contribution in [0.15, 0.2) is 52.1 Å². The third-order valence-electron chi connectivity index (χ3n) is 4.34. The molecule has 0 aliphatic heterocycles. The van der Waals surface area contributed by atoms with E-state index >= 15 is 0 Å². The lowest BCUT2D eigenvalue weighted by Crippen LogP contribution is -2.17. The predicted octanol–water partition coefficient (Wildman–Crippen LogP) is 3.79. The topological polar surface area (TPSA) is 142 Å². The third kappa shape index (κ3) is 4.56. The zero-order valence-electron chi connectivity index (χ0n) is 17.6. The maximum atomic E-state index is 13.2. The number of nitrogens with zero attached hydrogens (tertiary/aromatic N) is 5. The number of ether oxygens (including phenoxy) is 2. The van der Waals surface area contributed by atoms with Gasteiger partial charge < -0.3 is 14.0 Å². The molecule has 170 valence electrons. The fourth-order valence-corrected chi connectivity index (χ4v) is 4.49. The highest BCUT2D eigenvalue weighted by molar-refractivity contribution is 7.92. The minimum atomic E-state index is -4.18. The van der Waals surface area contributed by atoms with Crippen LogP contribution in [0.4, 0.5) is 5.82 Å². The average Bonchev–Trinajstić information content (AvgIpc) is 3.15. The van der Waals surface area contributed by atoms with Crippen molar-refractivity contribution in [2.45, 2.75) is 18.7 Å². The number of hydrogen-bond donors (Lipinski definition) is 1. The molecule has 0 saturated heterocycles. The van der Waals surface area contributed by atoms with Crippen molar-refractivity contribution in [2.75, 3.05) is 11.8 Å². The highest BCUT2D eigenvalue weighted by Gasteiger charge is 2.28. The molecule has 4 rings (SSSR count). The molecule has 0 spiro atoms. The van der Waals surface area contributed by atoms with E-state index in [9.17, 15) is 8.42 Å². The quantitative estimate of drug-likeness (QED) is 0.381. The summed E-state index contributed by atoms with van der Waals surface area (Å²) < 4.78 is 44.9. The number of para-hydroxylation sites is 2. The summed E-state index contributed by atoms with van der Waals surface area (Å²) in [4.78, 5) is 16.5. The molecule has 11 nitrogen and oxygen atoms in total. The summed E-state index contributed by atoms with van der Waals surface area (Å²) in [5.74, 6) is 0.527. The Morgan fingerprint density at radius 3 is 2.33 bits per heavy atom. The van der Waals surface area contributed by atoms with Gasteiger partial charge in [-0.25, -0.2) is 28.4 Å². The van der Waals surface area contributed by atoms with Crippen molar-refractivity contribution in [2.24, 2.45) is 0 Å². The van der Waals surface area contributed by atoms with E-state index in [1.165, 1.54) is 33.4 Å². The van der Waals surface area contributed by atoms with Gasteiger partial charge in [0.2, 0.25) is 11.6 Å². The molecule has 0 amide bonds. The van der Waals surface area contributed by atoms with E-state index in [0.29, 0.717) is 5.75 Å². The smallest absolute Gasteiger partial charge is 0.268 e. The summed E-state index contributed by atoms with van der Waals surface area (Å²) in [6, 6.07) is 8.37. The van der Waals surface area contributed by atoms with Crippen LogP contribution < -0.4 is 14.2 Å². The van der Waals surface area contributed by atoms with Crippen molar-refractivity contribution < 1.29 is 22.4 Å². The van der Waals surface area contributed by atoms with Gasteiger partial charge in [-0.05, 0) is 32.0 Å². The molecule has 3 heterocycles. The Morgan fingerprint density at radius 2 is 1.70 bits per heavy atom. The summed E-state index contributed by atoms with van der Waals surface area (Å²) in [5, 5.41) is 3.53. The number of anilines is 1. The van der Waals surface area contributed by atoms with Crippen LogP contribution in [0.1, 0.15) is 11.5 Å². The van der Waals surface area contributed by atoms with Crippen molar-refractivity contribution >= 4 is 27.4 Å². The first kappa shape index (κ1) is 22.4. The van der Waals surface area contributed by atoms with Gasteiger partial charge in [-0.15, -0.1) is 0 Å². The lowest BCUT2D eigenvalue weighted by molar-refractivity contribution is 0.378. The van der Waals surface area contributed by atoms with Gasteiger partial charge in [0.05, 0.1) is 7.11 Å². The van der Waals surface area contributed by atoms with Crippen LogP contribution in [-0.4, -0.2) is 40.6 Å². The van der Waals surface area contributed by atoms with Gasteiger partial charge in [0.1, 0.15) is 5.69 Å². The number of halogens is 1. The lowest BCUT2D eigenvalue weighted by atomic mass is 10.3. The van der Waals surface area contributed by atoms with Crippen molar-refractivity contribution in [1.29, 1.82) is 0 Å². The second kappa shape index (κ2) is 9.00. The zero-order valence-corrected chi connectivity index (χ0v) is 19.2. The molecule has 0 radical (unpaired) electrons. The highest BCUT2D eigenvalue weighted by atomic mass is 35.5. The summed E-state index contributed by atoms with van der Waals surface area (Å²) in [6.07, 6.45) is 2.99. The summed E-state index contributed by atoms with van der Waals surface area (Å²) in [5.41, 5.74) is 0.180. The standard InChI is InChI=1S/C20H17ClN6O5S/c1-11-16(12(2)32-26-11)33(28,29)27-18-15(31-14-8-5-4-7-13(14)30-3)17(21)24-20(25-18)19-22-9-6-10-23-19/h4-10H,1-3H3,(H,24,25,27). The lowest BCUT2D eigenvalue weighted by Gasteiger charge is -2.15. The number of nitrogens with one attached hydrogen (secondary N) is 1. The SMILES string of the molecule is COc1ccccc1Oc1c(Cl)nc(-c2ncccn2)nc1NS(=O)(=O)c1c(C)noc1C. The molecule has 0 bridgehead atoms. The summed E-state index contributed by atoms with van der Waals surface area (Å²) in [7, 11) is -2.72. The molecule has 0 aliphatic carbocycles. The van der Waals surface area contributed by atoms with Crippen molar-refractivity contribution in [3.05, 3.63) is 59.3 Å². The molecule has 0 atom stereocenters. The van der Waals surface area contributed by atoms with Crippen LogP contribution in [0.3, 0.4) is 0 Å². The highest BCUT2D eigenvalue weighted by Crippen LogP contribution is 2.40. The summed E-state index contributed by atoms with van der Waals surface area (Å²) >= 11 is 6.41. The Hall–Kier alpha value is -3.77. The molecular weight excluding hydrogens is 472 g/mol. The molecule has 0 unspecified atom stereocenters. The molecule has 3 aromatic heterocycles. The average molecular weight is 489 g/mol. The van der Waals surface area contributed by atoms with Gasteiger partial charge in [-0.2, -0.15) is 0 Å². The fourth-order valence-electron chi connectivity index (χ4n) is 2.95. The predicted molar refractivity (Wildman–Crippen MR) is 118 cm³/mol. The number of rotatable bonds is 7. The number of benzene rings is 1. The molecule has 0 aliphatic rings. The van der Waals surface area contributed by atoms with Crippen molar-refractivity contribution in [3.8, 4) is 28.9 Å². The van der Waals surface area contributed by atoms with Gasteiger partial charge in [-0.3, -0.25) is 4.72 Å². The van der Waals surface area contributed by atoms with E-state index in [2.05, 4.69) is 29.8 Å². The first-order valence-corrected chi connectivity index (χ1v) is 11.3. The Labute approximate surface area is 193 Å². The fraction of sp³-hybridized carbons (Fsp3) is 0.150. The molecule has 0 fully saturated rings. The van der Waals surface area contributed by atoms with Gasteiger partial charge in [0.15, 0.2) is 39.0 Å². The Kier molecular flexibility index (Phi) is 6.11. The monoisotopic (exact) mass is 488 g/mol. The Balaban J connectivity index is 1.86. The Bertz CT molecular complexity index is 1390. The van der Waals surface area contributed by atoms with Crippen LogP contribution >= 0.6 is 11.6 Å². The minimum Gasteiger partial charge on any atom is -0.493 e. The molecule has 4 aromatic rings. The van der Waals surface area contributed by atoms with E-state index in [4.69, 9.17) is 25.6 Å². The zero-order chi connectivity index (χ0) is 23.6. The van der Waals surface area contributed by atoms with Crippen LogP contribution in [0.25, 0.3) is 11.6 Å². The molecule has 1 aromatic carbocycles. The van der Waals surface area contributed by atoms with Gasteiger partial charge in [0.25, 0.3) is 10.0 Å². The largest absolute Gasteiger partial charge is 0.493 e. The minimum absolute atomic E-state index is 0.00978. The maximum absolute atomic E-state index is 13.2. The van der Waals surface area contributed by atoms with Crippen LogP contribution in [0.5, 0.6) is 17.2 Å². The normalized spacial score (nSPS) is 11.3. The van der Waals surface area contributed by atoms with Crippen molar-refractivity contribution in [3.63, 3.8) is 0 Å². The van der Waals surface area contributed by atoms with E-state index in [0.717, 1.165) is 0 Å². The van der Waals surface area contributed by atoms with E-state index in [-0.39, 0.29) is 50.5 Å². The van der Waals surface area contributed by atoms with Crippen LogP contribution in [0.2, 0.25) is 5.15 Å². The number of aromatic nitrogens is 5. The molecule has 13 heteroatoms. The first-order chi connectivity index (χ1) is 15.8. The van der Waals surface area contributed by atoms with Gasteiger partial charge >= 0.3 is 0 Å². The van der Waals surface area contributed by atoms with Crippen molar-refractivity contribution in [1.82, 2.24) is 25.1 Å². The number of hydrogen-bond acceptors (Lipinski definition) is 10. The molecular formula is C20H17ClN6O5S. The summed E-state index contributed by atoms with van der Waals surface area (Å²) in [6.45, 7) is 2.99. The number of methoxy groups -OCH3 is 1. The Morgan fingerprint density at radius 1 is 1.00 bits per heavy atom. The molecule has 33 heavy (non-hydrogen) atoms. The number of aryl methyl sites for hydroxylation is 2. The molecule has 1 N–H and O–H groups in total. The van der Waals surface area contributed by atoms with Gasteiger partial charge in [-0.1, -0.05) is 28.9 Å². The van der Waals surface area contributed by atoms with Crippen LogP contribution in [0, 0.1) is 13.8 Å². The maximum Gasteiger partial charge on any atom is 0.268 e. The van der Waals surface area contributed by atoms with E-state index in [1.807, 2.05) is 0 Å². The second-order valence-electron chi connectivity index (χ2n) is 6.60. The van der Waals surface area contributed by atoms with E-state index in [1.54, 1.807) is 30.3 Å². The third-order valence-corrected chi connectivity index (χ3v) is 6.18. The van der Waals surface area contributed by atoms with E-state index < -0.39 is 10.0 Å². The number of sulfonamides is 1. The van der Waals surface area contributed by atoms with Crippen LogP contribution in [-0.2, 0) is 10.0 Å². The second-order valence-corrected chi connectivity index (χ2v) is 8.58.